The molecule has 0 atom stereocenters. The maximum atomic E-state index is 3.65. The van der Waals surface area contributed by atoms with Gasteiger partial charge >= 0.3 is 0 Å². The molecular weight excluding hydrogens is 298 g/mol. The molecule has 0 radical (unpaired) electrons. The van der Waals surface area contributed by atoms with Crippen LogP contribution in [0.4, 0.5) is 0 Å². The van der Waals surface area contributed by atoms with Crippen molar-refractivity contribution in [3.8, 4) is 0 Å². The molecule has 19 heavy (non-hydrogen) atoms. The lowest BCUT2D eigenvalue weighted by Gasteiger charge is -2.35. The third-order valence-electron chi connectivity index (χ3n) is 3.80. The van der Waals surface area contributed by atoms with Gasteiger partial charge in [-0.15, -0.1) is 0 Å². The van der Waals surface area contributed by atoms with Crippen LogP contribution >= 0.6 is 15.9 Å². The van der Waals surface area contributed by atoms with Gasteiger partial charge in [0.05, 0.1) is 0 Å². The van der Waals surface area contributed by atoms with E-state index in [2.05, 4.69) is 66.3 Å². The lowest BCUT2D eigenvalue weighted by Crippen LogP contribution is -2.38. The van der Waals surface area contributed by atoms with Crippen LogP contribution in [-0.2, 0) is 5.41 Å². The number of halogens is 1. The van der Waals surface area contributed by atoms with Crippen molar-refractivity contribution in [2.45, 2.75) is 58.3 Å². The molecule has 0 bridgehead atoms. The molecule has 0 saturated heterocycles. The van der Waals surface area contributed by atoms with Crippen LogP contribution in [0.1, 0.15) is 58.4 Å². The molecule has 0 spiro atoms. The van der Waals surface area contributed by atoms with Crippen molar-refractivity contribution in [1.82, 2.24) is 5.32 Å². The van der Waals surface area contributed by atoms with Crippen LogP contribution in [-0.4, -0.2) is 13.1 Å². The first-order valence-corrected chi connectivity index (χ1v) is 8.44. The molecule has 0 aromatic heterocycles. The average Bonchev–Trinajstić information content (AvgIpc) is 2.40. The van der Waals surface area contributed by atoms with Crippen LogP contribution in [0.25, 0.3) is 0 Å². The Labute approximate surface area is 127 Å². The molecule has 0 fully saturated rings. The lowest BCUT2D eigenvalue weighted by atomic mass is 9.73. The number of hydrogen-bond donors (Lipinski definition) is 1. The maximum Gasteiger partial charge on any atom is 0.0175 e. The molecule has 2 heteroatoms. The van der Waals surface area contributed by atoms with Gasteiger partial charge < -0.3 is 5.32 Å². The highest BCUT2D eigenvalue weighted by molar-refractivity contribution is 9.10. The van der Waals surface area contributed by atoms with E-state index in [4.69, 9.17) is 0 Å². The Hall–Kier alpha value is -0.340. The van der Waals surface area contributed by atoms with Crippen molar-refractivity contribution < 1.29 is 0 Å². The quantitative estimate of drug-likeness (QED) is 0.608. The van der Waals surface area contributed by atoms with E-state index in [-0.39, 0.29) is 0 Å². The second-order valence-electron chi connectivity index (χ2n) is 5.46. The summed E-state index contributed by atoms with van der Waals surface area (Å²) in [6, 6.07) is 8.94. The highest BCUT2D eigenvalue weighted by Crippen LogP contribution is 2.34. The number of hydrogen-bond acceptors (Lipinski definition) is 1. The van der Waals surface area contributed by atoms with Gasteiger partial charge in [0.1, 0.15) is 0 Å². The zero-order valence-electron chi connectivity index (χ0n) is 12.6. The molecule has 108 valence electrons. The summed E-state index contributed by atoms with van der Waals surface area (Å²) in [7, 11) is 0. The van der Waals surface area contributed by atoms with Crippen LogP contribution in [0.15, 0.2) is 28.7 Å². The third kappa shape index (κ3) is 4.92. The van der Waals surface area contributed by atoms with Crippen molar-refractivity contribution in [1.29, 1.82) is 0 Å². The summed E-state index contributed by atoms with van der Waals surface area (Å²) in [5, 5.41) is 3.65. The number of benzene rings is 1. The van der Waals surface area contributed by atoms with E-state index < -0.39 is 0 Å². The minimum Gasteiger partial charge on any atom is -0.316 e. The Morgan fingerprint density at radius 3 is 2.00 bits per heavy atom. The first-order valence-electron chi connectivity index (χ1n) is 7.65. The highest BCUT2D eigenvalue weighted by Gasteiger charge is 2.29. The number of nitrogens with one attached hydrogen (secondary N) is 1. The first-order chi connectivity index (χ1) is 9.18. The smallest absolute Gasteiger partial charge is 0.0175 e. The highest BCUT2D eigenvalue weighted by atomic mass is 79.9. The van der Waals surface area contributed by atoms with Crippen LogP contribution in [0.3, 0.4) is 0 Å². The standard InChI is InChI=1S/C17H28BrN/c1-4-11-17(12-5-2,14-19-13-6-3)15-7-9-16(18)10-8-15/h7-10,19H,4-6,11-14H2,1-3H3. The molecular formula is C17H28BrN. The van der Waals surface area contributed by atoms with Gasteiger partial charge in [0.15, 0.2) is 0 Å². The molecule has 0 aliphatic heterocycles. The Morgan fingerprint density at radius 2 is 1.53 bits per heavy atom. The van der Waals surface area contributed by atoms with Gasteiger partial charge in [0, 0.05) is 16.4 Å². The van der Waals surface area contributed by atoms with Crippen molar-refractivity contribution in [3.05, 3.63) is 34.3 Å². The molecule has 0 aliphatic rings. The van der Waals surface area contributed by atoms with Gasteiger partial charge in [-0.3, -0.25) is 0 Å². The van der Waals surface area contributed by atoms with E-state index >= 15 is 0 Å². The molecule has 1 nitrogen and oxygen atoms in total. The van der Waals surface area contributed by atoms with Crippen molar-refractivity contribution in [2.75, 3.05) is 13.1 Å². The summed E-state index contributed by atoms with van der Waals surface area (Å²) in [5.41, 5.74) is 1.79. The predicted octanol–water partition coefficient (Wildman–Crippen LogP) is 5.29. The molecule has 0 aliphatic carbocycles. The molecule has 0 saturated carbocycles. The summed E-state index contributed by atoms with van der Waals surface area (Å²) in [6.45, 7) is 9.04. The minimum absolute atomic E-state index is 0.305. The van der Waals surface area contributed by atoms with Crippen LogP contribution in [0, 0.1) is 0 Å². The summed E-state index contributed by atoms with van der Waals surface area (Å²) >= 11 is 3.54. The van der Waals surface area contributed by atoms with E-state index in [0.717, 1.165) is 13.1 Å². The largest absolute Gasteiger partial charge is 0.316 e. The van der Waals surface area contributed by atoms with E-state index in [1.54, 1.807) is 0 Å². The lowest BCUT2D eigenvalue weighted by molar-refractivity contribution is 0.335. The molecule has 1 rings (SSSR count). The fourth-order valence-corrected chi connectivity index (χ4v) is 3.22. The summed E-state index contributed by atoms with van der Waals surface area (Å²) in [6.07, 6.45) is 6.21. The van der Waals surface area contributed by atoms with Gasteiger partial charge in [0.2, 0.25) is 0 Å². The SMILES string of the molecule is CCCNCC(CCC)(CCC)c1ccc(Br)cc1. The fraction of sp³-hybridized carbons (Fsp3) is 0.647. The molecule has 1 aromatic carbocycles. The van der Waals surface area contributed by atoms with E-state index in [9.17, 15) is 0 Å². The first kappa shape index (κ1) is 16.7. The normalized spacial score (nSPS) is 11.8. The zero-order chi connectivity index (χ0) is 14.1. The second kappa shape index (κ2) is 8.76. The molecule has 0 unspecified atom stereocenters. The van der Waals surface area contributed by atoms with Gasteiger partial charge in [-0.2, -0.15) is 0 Å². The summed E-state index contributed by atoms with van der Waals surface area (Å²) < 4.78 is 1.17. The molecule has 0 amide bonds. The van der Waals surface area contributed by atoms with Crippen LogP contribution in [0.2, 0.25) is 0 Å². The Bertz CT molecular complexity index is 339. The van der Waals surface area contributed by atoms with Crippen molar-refractivity contribution >= 4 is 15.9 Å². The topological polar surface area (TPSA) is 12.0 Å². The predicted molar refractivity (Wildman–Crippen MR) is 88.8 cm³/mol. The van der Waals surface area contributed by atoms with Crippen molar-refractivity contribution in [3.63, 3.8) is 0 Å². The van der Waals surface area contributed by atoms with Gasteiger partial charge in [-0.05, 0) is 43.5 Å². The van der Waals surface area contributed by atoms with Gasteiger partial charge in [-0.1, -0.05) is 61.7 Å². The Balaban J connectivity index is 2.95. The second-order valence-corrected chi connectivity index (χ2v) is 6.38. The molecule has 0 heterocycles. The summed E-state index contributed by atoms with van der Waals surface area (Å²) in [5.74, 6) is 0. The van der Waals surface area contributed by atoms with E-state index in [0.29, 0.717) is 5.41 Å². The number of rotatable bonds is 9. The van der Waals surface area contributed by atoms with Crippen molar-refractivity contribution in [2.24, 2.45) is 0 Å². The molecule has 1 N–H and O–H groups in total. The van der Waals surface area contributed by atoms with Gasteiger partial charge in [0.25, 0.3) is 0 Å². The zero-order valence-corrected chi connectivity index (χ0v) is 14.2. The summed E-state index contributed by atoms with van der Waals surface area (Å²) in [4.78, 5) is 0. The third-order valence-corrected chi connectivity index (χ3v) is 4.33. The minimum atomic E-state index is 0.305. The van der Waals surface area contributed by atoms with Crippen LogP contribution < -0.4 is 5.32 Å². The van der Waals surface area contributed by atoms with E-state index in [1.807, 2.05) is 0 Å². The Kier molecular flexibility index (Phi) is 7.70. The van der Waals surface area contributed by atoms with E-state index in [1.165, 1.54) is 42.1 Å². The molecule has 1 aromatic rings. The fourth-order valence-electron chi connectivity index (χ4n) is 2.96. The average molecular weight is 326 g/mol. The monoisotopic (exact) mass is 325 g/mol. The Morgan fingerprint density at radius 1 is 0.947 bits per heavy atom. The van der Waals surface area contributed by atoms with Crippen LogP contribution in [0.5, 0.6) is 0 Å². The maximum absolute atomic E-state index is 3.65. The van der Waals surface area contributed by atoms with Gasteiger partial charge in [-0.25, -0.2) is 0 Å².